The number of benzene rings is 2. The van der Waals surface area contributed by atoms with Crippen molar-refractivity contribution in [3.63, 3.8) is 0 Å². The number of hydrogen-bond acceptors (Lipinski definition) is 1. The van der Waals surface area contributed by atoms with Gasteiger partial charge in [0.2, 0.25) is 0 Å². The molecule has 0 radical (unpaired) electrons. The zero-order valence-corrected chi connectivity index (χ0v) is 11.4. The molecule has 0 spiro atoms. The summed E-state index contributed by atoms with van der Waals surface area (Å²) in [5.41, 5.74) is 8.58. The number of nitrogens with two attached hydrogens (primary N) is 1. The van der Waals surface area contributed by atoms with Crippen LogP contribution in [0.4, 0.5) is 4.39 Å². The van der Waals surface area contributed by atoms with Gasteiger partial charge in [0.15, 0.2) is 0 Å². The van der Waals surface area contributed by atoms with Crippen molar-refractivity contribution < 1.29 is 4.39 Å². The molecule has 0 bridgehead atoms. The Morgan fingerprint density at radius 2 is 1.63 bits per heavy atom. The van der Waals surface area contributed by atoms with Crippen LogP contribution in [0, 0.1) is 11.7 Å². The summed E-state index contributed by atoms with van der Waals surface area (Å²) in [6, 6.07) is 14.9. The molecule has 2 aromatic carbocycles. The van der Waals surface area contributed by atoms with E-state index in [1.807, 2.05) is 18.2 Å². The van der Waals surface area contributed by atoms with Crippen LogP contribution in [0.2, 0.25) is 0 Å². The van der Waals surface area contributed by atoms with Crippen molar-refractivity contribution in [3.8, 4) is 11.1 Å². The summed E-state index contributed by atoms with van der Waals surface area (Å²) < 4.78 is 13.7. The number of hydrogen-bond donors (Lipinski definition) is 1. The Morgan fingerprint density at radius 3 is 2.16 bits per heavy atom. The van der Waals surface area contributed by atoms with Crippen LogP contribution < -0.4 is 5.73 Å². The molecule has 19 heavy (non-hydrogen) atoms. The van der Waals surface area contributed by atoms with Crippen molar-refractivity contribution in [2.24, 2.45) is 11.7 Å². The van der Waals surface area contributed by atoms with Gasteiger partial charge in [-0.1, -0.05) is 56.3 Å². The molecule has 0 fully saturated rings. The predicted molar refractivity (Wildman–Crippen MR) is 78.5 cm³/mol. The first-order valence-electron chi connectivity index (χ1n) is 6.68. The Kier molecular flexibility index (Phi) is 4.33. The van der Waals surface area contributed by atoms with Crippen LogP contribution in [0.15, 0.2) is 48.5 Å². The summed E-state index contributed by atoms with van der Waals surface area (Å²) in [4.78, 5) is 0. The highest BCUT2D eigenvalue weighted by atomic mass is 19.1. The summed E-state index contributed by atoms with van der Waals surface area (Å²) in [6.07, 6.45) is 0. The van der Waals surface area contributed by atoms with Gasteiger partial charge in [-0.25, -0.2) is 4.39 Å². The zero-order chi connectivity index (χ0) is 13.8. The molecule has 0 aliphatic carbocycles. The maximum absolute atomic E-state index is 13.7. The van der Waals surface area contributed by atoms with Gasteiger partial charge in [-0.2, -0.15) is 0 Å². The molecule has 1 unspecified atom stereocenters. The van der Waals surface area contributed by atoms with Crippen LogP contribution in [0.25, 0.3) is 11.1 Å². The van der Waals surface area contributed by atoms with Crippen LogP contribution in [0.3, 0.4) is 0 Å². The van der Waals surface area contributed by atoms with Gasteiger partial charge in [0, 0.05) is 5.56 Å². The van der Waals surface area contributed by atoms with Gasteiger partial charge in [-0.15, -0.1) is 0 Å². The lowest BCUT2D eigenvalue weighted by Gasteiger charge is -2.19. The quantitative estimate of drug-likeness (QED) is 0.873. The van der Waals surface area contributed by atoms with E-state index in [9.17, 15) is 4.39 Å². The summed E-state index contributed by atoms with van der Waals surface area (Å²) >= 11 is 0. The van der Waals surface area contributed by atoms with E-state index in [-0.39, 0.29) is 5.82 Å². The van der Waals surface area contributed by atoms with Crippen molar-refractivity contribution in [3.05, 3.63) is 59.9 Å². The summed E-state index contributed by atoms with van der Waals surface area (Å²) in [5, 5.41) is 0. The Hall–Kier alpha value is -1.67. The second-order valence-electron chi connectivity index (χ2n) is 5.19. The highest BCUT2D eigenvalue weighted by molar-refractivity contribution is 5.64. The van der Waals surface area contributed by atoms with Crippen molar-refractivity contribution in [1.82, 2.24) is 0 Å². The standard InChI is InChI=1S/C17H20FN/c1-12(2)16(11-19)14-9-7-13(8-10-14)15-5-3-4-6-17(15)18/h3-10,12,16H,11,19H2,1-2H3. The predicted octanol–water partition coefficient (Wildman–Crippen LogP) is 4.19. The average Bonchev–Trinajstić information content (AvgIpc) is 2.41. The molecular formula is C17H20FN. The second-order valence-corrected chi connectivity index (χ2v) is 5.19. The molecule has 0 aliphatic heterocycles. The third kappa shape index (κ3) is 3.02. The van der Waals surface area contributed by atoms with Crippen LogP contribution in [0.1, 0.15) is 25.3 Å². The van der Waals surface area contributed by atoms with E-state index in [1.54, 1.807) is 12.1 Å². The van der Waals surface area contributed by atoms with E-state index < -0.39 is 0 Å². The van der Waals surface area contributed by atoms with E-state index in [0.717, 1.165) is 5.56 Å². The van der Waals surface area contributed by atoms with E-state index in [2.05, 4.69) is 26.0 Å². The lowest BCUT2D eigenvalue weighted by molar-refractivity contribution is 0.506. The molecule has 0 aromatic heterocycles. The first-order valence-corrected chi connectivity index (χ1v) is 6.68. The zero-order valence-electron chi connectivity index (χ0n) is 11.4. The largest absolute Gasteiger partial charge is 0.330 e. The van der Waals surface area contributed by atoms with Gasteiger partial charge >= 0.3 is 0 Å². The van der Waals surface area contributed by atoms with E-state index >= 15 is 0 Å². The monoisotopic (exact) mass is 257 g/mol. The number of rotatable bonds is 4. The fourth-order valence-electron chi connectivity index (χ4n) is 2.40. The fraction of sp³-hybridized carbons (Fsp3) is 0.294. The van der Waals surface area contributed by atoms with E-state index in [4.69, 9.17) is 5.73 Å². The van der Waals surface area contributed by atoms with Gasteiger partial charge < -0.3 is 5.73 Å². The fourth-order valence-corrected chi connectivity index (χ4v) is 2.40. The van der Waals surface area contributed by atoms with E-state index in [0.29, 0.717) is 23.9 Å². The SMILES string of the molecule is CC(C)C(CN)c1ccc(-c2ccccc2F)cc1. The molecule has 1 atom stereocenters. The van der Waals surface area contributed by atoms with E-state index in [1.165, 1.54) is 11.6 Å². The molecule has 100 valence electrons. The summed E-state index contributed by atoms with van der Waals surface area (Å²) in [6.45, 7) is 4.97. The first kappa shape index (κ1) is 13.8. The Morgan fingerprint density at radius 1 is 1.00 bits per heavy atom. The normalized spacial score (nSPS) is 12.7. The molecule has 2 aromatic rings. The summed E-state index contributed by atoms with van der Waals surface area (Å²) in [7, 11) is 0. The molecule has 2 heteroatoms. The average molecular weight is 257 g/mol. The molecule has 0 amide bonds. The van der Waals surface area contributed by atoms with Gasteiger partial charge in [0.1, 0.15) is 5.82 Å². The second kappa shape index (κ2) is 5.98. The van der Waals surface area contributed by atoms with Crippen molar-refractivity contribution in [1.29, 1.82) is 0 Å². The highest BCUT2D eigenvalue weighted by Gasteiger charge is 2.14. The van der Waals surface area contributed by atoms with Crippen molar-refractivity contribution >= 4 is 0 Å². The minimum atomic E-state index is -0.186. The first-order chi connectivity index (χ1) is 9.13. The Bertz CT molecular complexity index is 531. The van der Waals surface area contributed by atoms with Gasteiger partial charge in [0.05, 0.1) is 0 Å². The topological polar surface area (TPSA) is 26.0 Å². The molecular weight excluding hydrogens is 237 g/mol. The van der Waals surface area contributed by atoms with Gasteiger partial charge in [-0.3, -0.25) is 0 Å². The van der Waals surface area contributed by atoms with Gasteiger partial charge in [-0.05, 0) is 35.6 Å². The lowest BCUT2D eigenvalue weighted by atomic mass is 9.88. The molecule has 2 rings (SSSR count). The molecule has 0 heterocycles. The molecule has 2 N–H and O–H groups in total. The molecule has 0 saturated carbocycles. The number of halogens is 1. The Balaban J connectivity index is 2.31. The van der Waals surface area contributed by atoms with Crippen LogP contribution in [-0.2, 0) is 0 Å². The third-order valence-electron chi connectivity index (χ3n) is 3.58. The maximum atomic E-state index is 13.7. The van der Waals surface area contributed by atoms with Crippen molar-refractivity contribution in [2.45, 2.75) is 19.8 Å². The minimum absolute atomic E-state index is 0.186. The third-order valence-corrected chi connectivity index (χ3v) is 3.58. The maximum Gasteiger partial charge on any atom is 0.131 e. The van der Waals surface area contributed by atoms with Crippen LogP contribution >= 0.6 is 0 Å². The lowest BCUT2D eigenvalue weighted by Crippen LogP contribution is -2.17. The molecule has 1 nitrogen and oxygen atoms in total. The molecule has 0 aliphatic rings. The van der Waals surface area contributed by atoms with Crippen molar-refractivity contribution in [2.75, 3.05) is 6.54 Å². The van der Waals surface area contributed by atoms with Gasteiger partial charge in [0.25, 0.3) is 0 Å². The van der Waals surface area contributed by atoms with Crippen LogP contribution in [0.5, 0.6) is 0 Å². The Labute approximate surface area is 114 Å². The highest BCUT2D eigenvalue weighted by Crippen LogP contribution is 2.27. The van der Waals surface area contributed by atoms with Crippen LogP contribution in [-0.4, -0.2) is 6.54 Å². The minimum Gasteiger partial charge on any atom is -0.330 e. The summed E-state index contributed by atoms with van der Waals surface area (Å²) in [5.74, 6) is 0.675. The molecule has 0 saturated heterocycles. The smallest absolute Gasteiger partial charge is 0.131 e.